The van der Waals surface area contributed by atoms with Crippen molar-refractivity contribution in [2.45, 2.75) is 0 Å². The van der Waals surface area contributed by atoms with Crippen LogP contribution in [-0.2, 0) is 14.3 Å². The summed E-state index contributed by atoms with van der Waals surface area (Å²) in [6, 6.07) is 13.3. The maximum Gasteiger partial charge on any atom is 0.356 e. The lowest BCUT2D eigenvalue weighted by atomic mass is 10.2. The molecule has 2 N–H and O–H groups in total. The Hall–Kier alpha value is -3.32. The van der Waals surface area contributed by atoms with E-state index in [-0.39, 0.29) is 10.7 Å². The lowest BCUT2D eigenvalue weighted by Gasteiger charge is -2.07. The van der Waals surface area contributed by atoms with Crippen LogP contribution in [0, 0.1) is 0 Å². The summed E-state index contributed by atoms with van der Waals surface area (Å²) in [4.78, 5) is 38.4. The minimum atomic E-state index is -0.729. The highest BCUT2D eigenvalue weighted by atomic mass is 35.5. The molecule has 0 spiro atoms. The van der Waals surface area contributed by atoms with Crippen molar-refractivity contribution in [3.05, 3.63) is 64.8 Å². The van der Waals surface area contributed by atoms with Gasteiger partial charge in [-0.15, -0.1) is 0 Å². The summed E-state index contributed by atoms with van der Waals surface area (Å²) in [5, 5.41) is 3.50. The Morgan fingerprint density at radius 2 is 1.74 bits per heavy atom. The first-order valence-corrected chi connectivity index (χ1v) is 8.29. The quantitative estimate of drug-likeness (QED) is 0.655. The van der Waals surface area contributed by atoms with Crippen LogP contribution in [0.4, 0.5) is 5.69 Å². The summed E-state index contributed by atoms with van der Waals surface area (Å²) in [5.41, 5.74) is 1.60. The number of hydrogen-bond donors (Lipinski definition) is 2. The number of fused-ring (bicyclic) bond motifs is 1. The van der Waals surface area contributed by atoms with Crippen LogP contribution in [-0.4, -0.2) is 36.5 Å². The molecule has 1 heterocycles. The zero-order valence-electron chi connectivity index (χ0n) is 14.2. The molecule has 0 saturated heterocycles. The SMILES string of the molecule is COC(=O)c1ccc(NC(=O)COC(=O)c2[nH]c3ccccc3c2Cl)cc1. The van der Waals surface area contributed by atoms with E-state index in [9.17, 15) is 14.4 Å². The number of aromatic amines is 1. The number of esters is 2. The predicted octanol–water partition coefficient (Wildman–Crippen LogP) is 3.40. The molecule has 7 nitrogen and oxygen atoms in total. The smallest absolute Gasteiger partial charge is 0.356 e. The Bertz CT molecular complexity index is 1010. The number of ether oxygens (including phenoxy) is 2. The maximum atomic E-state index is 12.2. The van der Waals surface area contributed by atoms with E-state index in [1.165, 1.54) is 19.2 Å². The van der Waals surface area contributed by atoms with Crippen molar-refractivity contribution >= 4 is 46.0 Å². The third-order valence-electron chi connectivity index (χ3n) is 3.77. The number of carbonyl (C=O) groups is 3. The van der Waals surface area contributed by atoms with Crippen LogP contribution >= 0.6 is 11.6 Å². The molecule has 0 aliphatic rings. The predicted molar refractivity (Wildman–Crippen MR) is 100 cm³/mol. The van der Waals surface area contributed by atoms with E-state index >= 15 is 0 Å². The highest BCUT2D eigenvalue weighted by molar-refractivity contribution is 6.38. The van der Waals surface area contributed by atoms with Gasteiger partial charge in [0.25, 0.3) is 5.91 Å². The van der Waals surface area contributed by atoms with Crippen LogP contribution in [0.15, 0.2) is 48.5 Å². The number of H-pyrrole nitrogens is 1. The van der Waals surface area contributed by atoms with Crippen molar-refractivity contribution in [3.8, 4) is 0 Å². The fraction of sp³-hybridized carbons (Fsp3) is 0.105. The Morgan fingerprint density at radius 1 is 1.04 bits per heavy atom. The normalized spacial score (nSPS) is 10.4. The lowest BCUT2D eigenvalue weighted by Crippen LogP contribution is -2.21. The molecule has 0 atom stereocenters. The van der Waals surface area contributed by atoms with Crippen LogP contribution in [0.25, 0.3) is 10.9 Å². The summed E-state index contributed by atoms with van der Waals surface area (Å²) in [6.07, 6.45) is 0. The second kappa shape index (κ2) is 7.92. The maximum absolute atomic E-state index is 12.2. The number of hydrogen-bond acceptors (Lipinski definition) is 5. The second-order valence-corrected chi connectivity index (χ2v) is 5.93. The van der Waals surface area contributed by atoms with Gasteiger partial charge in [0.15, 0.2) is 6.61 Å². The average molecular weight is 387 g/mol. The van der Waals surface area contributed by atoms with E-state index < -0.39 is 24.5 Å². The van der Waals surface area contributed by atoms with Gasteiger partial charge in [-0.1, -0.05) is 29.8 Å². The van der Waals surface area contributed by atoms with Gasteiger partial charge in [0.2, 0.25) is 0 Å². The summed E-state index contributed by atoms with van der Waals surface area (Å²) >= 11 is 6.18. The average Bonchev–Trinajstić information content (AvgIpc) is 3.03. The van der Waals surface area contributed by atoms with E-state index in [0.717, 1.165) is 0 Å². The number of amides is 1. The first-order chi connectivity index (χ1) is 13.0. The molecular weight excluding hydrogens is 372 g/mol. The van der Waals surface area contributed by atoms with Gasteiger partial charge < -0.3 is 19.8 Å². The monoisotopic (exact) mass is 386 g/mol. The van der Waals surface area contributed by atoms with Crippen LogP contribution < -0.4 is 5.32 Å². The minimum Gasteiger partial charge on any atom is -0.465 e. The Labute approximate surface area is 159 Å². The molecule has 8 heteroatoms. The number of methoxy groups -OCH3 is 1. The number of halogens is 1. The van der Waals surface area contributed by atoms with Gasteiger partial charge >= 0.3 is 11.9 Å². The van der Waals surface area contributed by atoms with Crippen molar-refractivity contribution in [2.75, 3.05) is 19.0 Å². The molecular formula is C19H15ClN2O5. The van der Waals surface area contributed by atoms with Crippen LogP contribution in [0.3, 0.4) is 0 Å². The third-order valence-corrected chi connectivity index (χ3v) is 4.16. The van der Waals surface area contributed by atoms with Crippen molar-refractivity contribution in [3.63, 3.8) is 0 Å². The highest BCUT2D eigenvalue weighted by Crippen LogP contribution is 2.27. The molecule has 0 aliphatic carbocycles. The van der Waals surface area contributed by atoms with Crippen LogP contribution in [0.1, 0.15) is 20.8 Å². The Morgan fingerprint density at radius 3 is 2.41 bits per heavy atom. The Balaban J connectivity index is 1.59. The second-order valence-electron chi connectivity index (χ2n) is 5.55. The van der Waals surface area contributed by atoms with Crippen molar-refractivity contribution in [1.29, 1.82) is 0 Å². The van der Waals surface area contributed by atoms with Gasteiger partial charge in [0, 0.05) is 16.6 Å². The molecule has 0 saturated carbocycles. The number of nitrogens with one attached hydrogen (secondary N) is 2. The molecule has 0 unspecified atom stereocenters. The molecule has 138 valence electrons. The van der Waals surface area contributed by atoms with E-state index in [1.807, 2.05) is 6.07 Å². The molecule has 3 rings (SSSR count). The number of rotatable bonds is 5. The first kappa shape index (κ1) is 18.5. The molecule has 3 aromatic rings. The summed E-state index contributed by atoms with van der Waals surface area (Å²) in [6.45, 7) is -0.483. The van der Waals surface area contributed by atoms with Gasteiger partial charge in [0.1, 0.15) is 5.69 Å². The summed E-state index contributed by atoms with van der Waals surface area (Å²) in [7, 11) is 1.28. The zero-order valence-corrected chi connectivity index (χ0v) is 15.0. The van der Waals surface area contributed by atoms with Crippen molar-refractivity contribution in [2.24, 2.45) is 0 Å². The molecule has 0 bridgehead atoms. The van der Waals surface area contributed by atoms with Gasteiger partial charge in [-0.2, -0.15) is 0 Å². The third kappa shape index (κ3) is 4.09. The molecule has 0 aliphatic heterocycles. The van der Waals surface area contributed by atoms with E-state index in [2.05, 4.69) is 15.0 Å². The Kier molecular flexibility index (Phi) is 5.42. The minimum absolute atomic E-state index is 0.0908. The number of carbonyl (C=O) groups excluding carboxylic acids is 3. The largest absolute Gasteiger partial charge is 0.465 e. The van der Waals surface area contributed by atoms with Gasteiger partial charge in [0.05, 0.1) is 17.7 Å². The molecule has 1 amide bonds. The van der Waals surface area contributed by atoms with E-state index in [0.29, 0.717) is 22.2 Å². The molecule has 0 radical (unpaired) electrons. The standard InChI is InChI=1S/C19H15ClN2O5/c1-26-18(24)11-6-8-12(9-7-11)21-15(23)10-27-19(25)17-16(20)13-4-2-3-5-14(13)22-17/h2-9,22H,10H2,1H3,(H,21,23). The van der Waals surface area contributed by atoms with Crippen LogP contribution in [0.5, 0.6) is 0 Å². The fourth-order valence-electron chi connectivity index (χ4n) is 2.46. The number of anilines is 1. The number of benzene rings is 2. The first-order valence-electron chi connectivity index (χ1n) is 7.91. The van der Waals surface area contributed by atoms with Gasteiger partial charge in [-0.05, 0) is 30.3 Å². The van der Waals surface area contributed by atoms with E-state index in [1.54, 1.807) is 30.3 Å². The molecule has 1 aromatic heterocycles. The van der Waals surface area contributed by atoms with Crippen molar-refractivity contribution < 1.29 is 23.9 Å². The fourth-order valence-corrected chi connectivity index (χ4v) is 2.75. The topological polar surface area (TPSA) is 97.5 Å². The van der Waals surface area contributed by atoms with Crippen LogP contribution in [0.2, 0.25) is 5.02 Å². The van der Waals surface area contributed by atoms with Gasteiger partial charge in [-0.25, -0.2) is 9.59 Å². The zero-order chi connectivity index (χ0) is 19.4. The summed E-state index contributed by atoms with van der Waals surface area (Å²) < 4.78 is 9.61. The number of aromatic nitrogens is 1. The molecule has 27 heavy (non-hydrogen) atoms. The highest BCUT2D eigenvalue weighted by Gasteiger charge is 2.18. The van der Waals surface area contributed by atoms with Gasteiger partial charge in [-0.3, -0.25) is 4.79 Å². The van der Waals surface area contributed by atoms with Crippen molar-refractivity contribution in [1.82, 2.24) is 4.98 Å². The molecule has 2 aromatic carbocycles. The lowest BCUT2D eigenvalue weighted by molar-refractivity contribution is -0.119. The number of para-hydroxylation sites is 1. The summed E-state index contributed by atoms with van der Waals surface area (Å²) in [5.74, 6) is -1.73. The van der Waals surface area contributed by atoms with E-state index in [4.69, 9.17) is 16.3 Å². The molecule has 0 fully saturated rings.